The highest BCUT2D eigenvalue weighted by Gasteiger charge is 2.34. The van der Waals surface area contributed by atoms with Gasteiger partial charge in [0.15, 0.2) is 0 Å². The van der Waals surface area contributed by atoms with Crippen LogP contribution in [0.5, 0.6) is 0 Å². The largest absolute Gasteiger partial charge is 0.353 e. The number of aromatic amines is 1. The van der Waals surface area contributed by atoms with Crippen LogP contribution in [0.2, 0.25) is 0 Å². The molecule has 3 aromatic rings. The molecule has 1 atom stereocenters. The van der Waals surface area contributed by atoms with E-state index in [1.165, 1.54) is 12.1 Å². The van der Waals surface area contributed by atoms with E-state index in [0.29, 0.717) is 30.8 Å². The monoisotopic (exact) mass is 378 g/mol. The van der Waals surface area contributed by atoms with Crippen LogP contribution in [0.15, 0.2) is 60.7 Å². The first-order chi connectivity index (χ1) is 13.6. The number of amides is 2. The Morgan fingerprint density at radius 2 is 1.89 bits per heavy atom. The highest BCUT2D eigenvalue weighted by atomic mass is 19.1. The van der Waals surface area contributed by atoms with Crippen LogP contribution < -0.4 is 5.32 Å². The minimum atomic E-state index is -0.608. The molecule has 2 amide bonds. The number of carbonyl (C=O) groups is 2. The molecule has 6 nitrogen and oxygen atoms in total. The molecule has 2 heterocycles. The van der Waals surface area contributed by atoms with Gasteiger partial charge < -0.3 is 10.2 Å². The Morgan fingerprint density at radius 1 is 1.14 bits per heavy atom. The first-order valence-electron chi connectivity index (χ1n) is 9.06. The van der Waals surface area contributed by atoms with Crippen LogP contribution in [0.4, 0.5) is 4.39 Å². The molecule has 7 heteroatoms. The second-order valence-electron chi connectivity index (χ2n) is 6.64. The van der Waals surface area contributed by atoms with Gasteiger partial charge in [-0.25, -0.2) is 4.39 Å². The summed E-state index contributed by atoms with van der Waals surface area (Å²) < 4.78 is 14.0. The van der Waals surface area contributed by atoms with Gasteiger partial charge in [0, 0.05) is 25.1 Å². The van der Waals surface area contributed by atoms with Crippen LogP contribution in [-0.4, -0.2) is 46.0 Å². The molecule has 1 fully saturated rings. The molecule has 142 valence electrons. The van der Waals surface area contributed by atoms with Gasteiger partial charge in [0.2, 0.25) is 5.91 Å². The van der Waals surface area contributed by atoms with Crippen molar-refractivity contribution in [2.45, 2.75) is 12.5 Å². The predicted octanol–water partition coefficient (Wildman–Crippen LogP) is 2.40. The van der Waals surface area contributed by atoms with E-state index in [2.05, 4.69) is 15.5 Å². The molecule has 0 aliphatic carbocycles. The van der Waals surface area contributed by atoms with Crippen molar-refractivity contribution >= 4 is 11.8 Å². The molecule has 0 spiro atoms. The quantitative estimate of drug-likeness (QED) is 0.732. The smallest absolute Gasteiger partial charge is 0.272 e. The Morgan fingerprint density at radius 3 is 2.68 bits per heavy atom. The van der Waals surface area contributed by atoms with Crippen molar-refractivity contribution in [2.24, 2.45) is 0 Å². The average Bonchev–Trinajstić information content (AvgIpc) is 3.20. The number of halogens is 1. The fourth-order valence-corrected chi connectivity index (χ4v) is 3.39. The Balaban J connectivity index is 1.59. The molecule has 2 N–H and O–H groups in total. The molecular formula is C21H19FN4O2. The number of aromatic nitrogens is 2. The second kappa shape index (κ2) is 7.64. The number of H-pyrrole nitrogens is 1. The maximum Gasteiger partial charge on any atom is 0.272 e. The van der Waals surface area contributed by atoms with Crippen LogP contribution in [0, 0.1) is 5.82 Å². The van der Waals surface area contributed by atoms with Crippen molar-refractivity contribution in [1.29, 1.82) is 0 Å². The maximum atomic E-state index is 14.0. The van der Waals surface area contributed by atoms with E-state index >= 15 is 0 Å². The lowest BCUT2D eigenvalue weighted by Gasteiger charge is -2.34. The van der Waals surface area contributed by atoms with Gasteiger partial charge in [0.1, 0.15) is 17.6 Å². The van der Waals surface area contributed by atoms with Crippen molar-refractivity contribution in [3.8, 4) is 11.3 Å². The molecule has 28 heavy (non-hydrogen) atoms. The Kier molecular flexibility index (Phi) is 4.89. The fraction of sp³-hybridized carbons (Fsp3) is 0.190. The van der Waals surface area contributed by atoms with Gasteiger partial charge in [-0.05, 0) is 23.8 Å². The highest BCUT2D eigenvalue weighted by Crippen LogP contribution is 2.22. The van der Waals surface area contributed by atoms with Gasteiger partial charge in [-0.2, -0.15) is 5.10 Å². The van der Waals surface area contributed by atoms with Gasteiger partial charge in [-0.1, -0.05) is 42.5 Å². The second-order valence-corrected chi connectivity index (χ2v) is 6.64. The van der Waals surface area contributed by atoms with Crippen LogP contribution in [0.25, 0.3) is 11.3 Å². The van der Waals surface area contributed by atoms with Crippen LogP contribution in [-0.2, 0) is 11.2 Å². The summed E-state index contributed by atoms with van der Waals surface area (Å²) in [5.41, 5.74) is 1.86. The molecule has 2 aromatic carbocycles. The molecule has 1 saturated heterocycles. The van der Waals surface area contributed by atoms with Gasteiger partial charge in [0.05, 0.1) is 5.69 Å². The molecule has 1 aliphatic heterocycles. The van der Waals surface area contributed by atoms with Crippen molar-refractivity contribution in [2.75, 3.05) is 13.1 Å². The van der Waals surface area contributed by atoms with Crippen molar-refractivity contribution < 1.29 is 14.0 Å². The third kappa shape index (κ3) is 3.51. The minimum Gasteiger partial charge on any atom is -0.353 e. The van der Waals surface area contributed by atoms with E-state index in [1.807, 2.05) is 30.3 Å². The van der Waals surface area contributed by atoms with Gasteiger partial charge in [0.25, 0.3) is 5.91 Å². The normalized spacial score (nSPS) is 16.7. The fourth-order valence-electron chi connectivity index (χ4n) is 3.39. The number of hydrogen-bond acceptors (Lipinski definition) is 3. The van der Waals surface area contributed by atoms with Crippen molar-refractivity contribution in [1.82, 2.24) is 20.4 Å². The van der Waals surface area contributed by atoms with E-state index < -0.39 is 11.9 Å². The number of nitrogens with one attached hydrogen (secondary N) is 2. The molecule has 4 rings (SSSR count). The summed E-state index contributed by atoms with van der Waals surface area (Å²) in [6.07, 6.45) is 0.423. The summed E-state index contributed by atoms with van der Waals surface area (Å²) in [5.74, 6) is -0.921. The zero-order chi connectivity index (χ0) is 19.5. The van der Waals surface area contributed by atoms with Crippen molar-refractivity contribution in [3.05, 3.63) is 77.7 Å². The highest BCUT2D eigenvalue weighted by molar-refractivity contribution is 5.97. The molecule has 1 aromatic heterocycles. The van der Waals surface area contributed by atoms with Gasteiger partial charge in [-0.15, -0.1) is 0 Å². The summed E-state index contributed by atoms with van der Waals surface area (Å²) in [6.45, 7) is 0.792. The number of benzene rings is 2. The molecule has 0 saturated carbocycles. The number of nitrogens with zero attached hydrogens (tertiary/aromatic N) is 2. The summed E-state index contributed by atoms with van der Waals surface area (Å²) in [7, 11) is 0. The Labute approximate surface area is 161 Å². The van der Waals surface area contributed by atoms with Crippen LogP contribution in [0.1, 0.15) is 16.1 Å². The average molecular weight is 378 g/mol. The Bertz CT molecular complexity index is 1000. The maximum absolute atomic E-state index is 14.0. The van der Waals surface area contributed by atoms with E-state index in [9.17, 15) is 14.0 Å². The molecule has 0 radical (unpaired) electrons. The molecular weight excluding hydrogens is 359 g/mol. The third-order valence-electron chi connectivity index (χ3n) is 4.82. The van der Waals surface area contributed by atoms with E-state index in [0.717, 1.165) is 5.56 Å². The molecule has 1 unspecified atom stereocenters. The summed E-state index contributed by atoms with van der Waals surface area (Å²) >= 11 is 0. The van der Waals surface area contributed by atoms with E-state index in [4.69, 9.17) is 0 Å². The first-order valence-corrected chi connectivity index (χ1v) is 9.06. The number of rotatable bonds is 4. The Hall–Kier alpha value is -3.48. The minimum absolute atomic E-state index is 0.183. The summed E-state index contributed by atoms with van der Waals surface area (Å²) in [4.78, 5) is 27.0. The number of hydrogen-bond donors (Lipinski definition) is 2. The van der Waals surface area contributed by atoms with E-state index in [-0.39, 0.29) is 17.5 Å². The molecule has 1 aliphatic rings. The first kappa shape index (κ1) is 17.9. The lowest BCUT2D eigenvalue weighted by atomic mass is 10.0. The lowest BCUT2D eigenvalue weighted by Crippen LogP contribution is -2.58. The zero-order valence-corrected chi connectivity index (χ0v) is 15.1. The SMILES string of the molecule is O=C1NCCN(C(=O)c2cc(-c3ccccc3F)n[nH]2)C1Cc1ccccc1. The number of piperazine rings is 1. The summed E-state index contributed by atoms with van der Waals surface area (Å²) in [5, 5.41) is 9.59. The van der Waals surface area contributed by atoms with Crippen molar-refractivity contribution in [3.63, 3.8) is 0 Å². The summed E-state index contributed by atoms with van der Waals surface area (Å²) in [6, 6.07) is 16.7. The zero-order valence-electron chi connectivity index (χ0n) is 15.1. The van der Waals surface area contributed by atoms with E-state index in [1.54, 1.807) is 23.1 Å². The predicted molar refractivity (Wildman–Crippen MR) is 102 cm³/mol. The third-order valence-corrected chi connectivity index (χ3v) is 4.82. The lowest BCUT2D eigenvalue weighted by molar-refractivity contribution is -0.127. The topological polar surface area (TPSA) is 78.1 Å². The van der Waals surface area contributed by atoms with Crippen LogP contribution >= 0.6 is 0 Å². The van der Waals surface area contributed by atoms with Gasteiger partial charge in [-0.3, -0.25) is 14.7 Å². The van der Waals surface area contributed by atoms with Crippen LogP contribution in [0.3, 0.4) is 0 Å². The standard InChI is InChI=1S/C21H19FN4O2/c22-16-9-5-4-8-15(16)17-13-18(25-24-17)21(28)26-11-10-23-20(27)19(26)12-14-6-2-1-3-7-14/h1-9,13,19H,10-12H2,(H,23,27)(H,24,25). The van der Waals surface area contributed by atoms with Gasteiger partial charge >= 0.3 is 0 Å². The molecule has 0 bridgehead atoms. The number of carbonyl (C=O) groups excluding carboxylic acids is 2.